The summed E-state index contributed by atoms with van der Waals surface area (Å²) in [6.07, 6.45) is 0.0728. The van der Waals surface area contributed by atoms with Crippen LogP contribution in [0.4, 0.5) is 5.69 Å². The molecule has 0 aliphatic carbocycles. The molecule has 4 N–H and O–H groups in total. The fourth-order valence-electron chi connectivity index (χ4n) is 2.12. The number of aliphatic carboxylic acids is 1. The van der Waals surface area contributed by atoms with Gasteiger partial charge in [0.2, 0.25) is 0 Å². The molecule has 0 saturated carbocycles. The lowest BCUT2D eigenvalue weighted by atomic mass is 9.98. The molecule has 0 fully saturated rings. The predicted molar refractivity (Wildman–Crippen MR) is 93.9 cm³/mol. The van der Waals surface area contributed by atoms with Gasteiger partial charge in [-0.3, -0.25) is 10.1 Å². The second-order valence-corrected chi connectivity index (χ2v) is 5.33. The van der Waals surface area contributed by atoms with E-state index in [1.54, 1.807) is 32.0 Å². The molecule has 0 atom stereocenters. The number of allylic oxidation sites excluding steroid dienone is 2. The lowest BCUT2D eigenvalue weighted by Gasteiger charge is -2.21. The first-order valence-corrected chi connectivity index (χ1v) is 7.74. The zero-order valence-corrected chi connectivity index (χ0v) is 14.5. The van der Waals surface area contributed by atoms with Gasteiger partial charge in [0.05, 0.1) is 16.1 Å². The molecular weight excluding hydrogens is 342 g/mol. The zero-order valence-electron chi connectivity index (χ0n) is 14.5. The van der Waals surface area contributed by atoms with Crippen LogP contribution in [-0.4, -0.2) is 35.1 Å². The maximum Gasteiger partial charge on any atom is 0.336 e. The molecule has 2 rings (SSSR count). The smallest absolute Gasteiger partial charge is 0.336 e. The number of rotatable bonds is 5. The molecule has 0 amide bonds. The van der Waals surface area contributed by atoms with Crippen LogP contribution in [0.1, 0.15) is 20.3 Å². The van der Waals surface area contributed by atoms with Gasteiger partial charge in [0.1, 0.15) is 6.61 Å². The quantitative estimate of drug-likeness (QED) is 0.407. The number of esters is 1. The molecule has 0 spiro atoms. The Morgan fingerprint density at radius 1 is 1.23 bits per heavy atom. The summed E-state index contributed by atoms with van der Waals surface area (Å²) >= 11 is 0. The topological polar surface area (TPSA) is 145 Å². The number of carbonyl (C=O) groups is 2. The third-order valence-electron chi connectivity index (χ3n) is 3.46. The number of non-ortho nitro benzene ring substituents is 1. The van der Waals surface area contributed by atoms with Crippen LogP contribution in [0, 0.1) is 10.1 Å². The summed E-state index contributed by atoms with van der Waals surface area (Å²) in [5, 5.41) is 21.8. The largest absolute Gasteiger partial charge is 0.478 e. The molecule has 9 nitrogen and oxygen atoms in total. The highest BCUT2D eigenvalue weighted by Crippen LogP contribution is 2.23. The van der Waals surface area contributed by atoms with E-state index < -0.39 is 16.9 Å². The number of nitro benzene ring substituents is 1. The standard InChI is InChI=1S/C11H16N2O4.C6H5NO2/c1-6-8(10(14)15)5-9(7(2)13-6)11(16)17-4-3-12;8-7(9)6-4-2-1-3-5-6/h13H,3-5,12H2,1-2H3,(H,14,15);1-5H. The van der Waals surface area contributed by atoms with E-state index in [-0.39, 0.29) is 30.8 Å². The van der Waals surface area contributed by atoms with Gasteiger partial charge >= 0.3 is 11.9 Å². The van der Waals surface area contributed by atoms with Crippen LogP contribution in [0.5, 0.6) is 0 Å². The van der Waals surface area contributed by atoms with Crippen molar-refractivity contribution in [2.24, 2.45) is 5.73 Å². The molecule has 26 heavy (non-hydrogen) atoms. The van der Waals surface area contributed by atoms with Gasteiger partial charge in [-0.2, -0.15) is 0 Å². The lowest BCUT2D eigenvalue weighted by molar-refractivity contribution is -0.384. The van der Waals surface area contributed by atoms with Gasteiger partial charge in [-0.05, 0) is 13.8 Å². The summed E-state index contributed by atoms with van der Waals surface area (Å²) in [6.45, 7) is 3.74. The van der Waals surface area contributed by atoms with E-state index in [0.29, 0.717) is 17.0 Å². The van der Waals surface area contributed by atoms with Crippen molar-refractivity contribution in [2.75, 3.05) is 13.2 Å². The minimum absolute atomic E-state index is 0.0728. The second-order valence-electron chi connectivity index (χ2n) is 5.33. The fourth-order valence-corrected chi connectivity index (χ4v) is 2.12. The molecule has 1 aliphatic rings. The van der Waals surface area contributed by atoms with Gasteiger partial charge in [-0.15, -0.1) is 0 Å². The lowest BCUT2D eigenvalue weighted by Crippen LogP contribution is -2.26. The Bertz CT molecular complexity index is 740. The molecule has 0 radical (unpaired) electrons. The van der Waals surface area contributed by atoms with Gasteiger partial charge in [0, 0.05) is 36.5 Å². The highest BCUT2D eigenvalue weighted by atomic mass is 16.6. The number of benzene rings is 1. The first kappa shape index (κ1) is 20.8. The van der Waals surface area contributed by atoms with Gasteiger partial charge in [-0.25, -0.2) is 9.59 Å². The van der Waals surface area contributed by atoms with Crippen molar-refractivity contribution >= 4 is 17.6 Å². The number of para-hydroxylation sites is 1. The SMILES string of the molecule is CC1=C(C(=O)O)CC(C(=O)OCCN)=C(C)N1.O=[N+]([O-])c1ccccc1. The molecule has 140 valence electrons. The number of ether oxygens (including phenoxy) is 1. The highest BCUT2D eigenvalue weighted by molar-refractivity contribution is 5.95. The van der Waals surface area contributed by atoms with E-state index in [1.165, 1.54) is 12.1 Å². The number of dihydropyridines is 1. The Morgan fingerprint density at radius 3 is 2.27 bits per heavy atom. The van der Waals surface area contributed by atoms with Gasteiger partial charge in [0.15, 0.2) is 0 Å². The molecular formula is C17H21N3O6. The number of carboxylic acid groups (broad SMARTS) is 1. The summed E-state index contributed by atoms with van der Waals surface area (Å²) in [6, 6.07) is 7.93. The van der Waals surface area contributed by atoms with Crippen LogP contribution >= 0.6 is 0 Å². The first-order chi connectivity index (χ1) is 12.3. The number of hydrogen-bond donors (Lipinski definition) is 3. The Kier molecular flexibility index (Phi) is 7.97. The third-order valence-corrected chi connectivity index (χ3v) is 3.46. The van der Waals surface area contributed by atoms with Crippen LogP contribution in [0.2, 0.25) is 0 Å². The number of nitrogens with two attached hydrogens (primary N) is 1. The average molecular weight is 363 g/mol. The summed E-state index contributed by atoms with van der Waals surface area (Å²) in [5.41, 5.74) is 7.04. The number of hydrogen-bond acceptors (Lipinski definition) is 7. The summed E-state index contributed by atoms with van der Waals surface area (Å²) in [4.78, 5) is 32.2. The van der Waals surface area contributed by atoms with Crippen molar-refractivity contribution in [3.8, 4) is 0 Å². The Balaban J connectivity index is 0.000000314. The number of nitro groups is 1. The monoisotopic (exact) mass is 363 g/mol. The number of nitrogens with one attached hydrogen (secondary N) is 1. The van der Waals surface area contributed by atoms with Gasteiger partial charge in [-0.1, -0.05) is 18.2 Å². The van der Waals surface area contributed by atoms with Crippen LogP contribution < -0.4 is 11.1 Å². The zero-order chi connectivity index (χ0) is 19.7. The molecule has 0 saturated heterocycles. The van der Waals surface area contributed by atoms with Crippen LogP contribution in [0.25, 0.3) is 0 Å². The average Bonchev–Trinajstić information content (AvgIpc) is 2.60. The number of carboxylic acids is 1. The predicted octanol–water partition coefficient (Wildman–Crippen LogP) is 1.71. The summed E-state index contributed by atoms with van der Waals surface area (Å²) in [5.74, 6) is -1.56. The Hall–Kier alpha value is -3.20. The van der Waals surface area contributed by atoms with E-state index in [1.807, 2.05) is 0 Å². The minimum Gasteiger partial charge on any atom is -0.478 e. The van der Waals surface area contributed by atoms with Crippen molar-refractivity contribution in [1.82, 2.24) is 5.32 Å². The Labute approximate surface area is 150 Å². The molecule has 1 aliphatic heterocycles. The van der Waals surface area contributed by atoms with Crippen molar-refractivity contribution in [3.63, 3.8) is 0 Å². The first-order valence-electron chi connectivity index (χ1n) is 7.74. The summed E-state index contributed by atoms with van der Waals surface area (Å²) in [7, 11) is 0. The normalized spacial score (nSPS) is 13.3. The summed E-state index contributed by atoms with van der Waals surface area (Å²) < 4.78 is 4.89. The van der Waals surface area contributed by atoms with Crippen molar-refractivity contribution in [3.05, 3.63) is 63.0 Å². The van der Waals surface area contributed by atoms with E-state index >= 15 is 0 Å². The molecule has 0 aromatic heterocycles. The third kappa shape index (κ3) is 6.02. The molecule has 1 heterocycles. The fraction of sp³-hybridized carbons (Fsp3) is 0.294. The maximum absolute atomic E-state index is 11.7. The maximum atomic E-state index is 11.7. The van der Waals surface area contributed by atoms with E-state index in [9.17, 15) is 19.7 Å². The van der Waals surface area contributed by atoms with Crippen LogP contribution in [0.3, 0.4) is 0 Å². The minimum atomic E-state index is -1.04. The van der Waals surface area contributed by atoms with Crippen molar-refractivity contribution in [2.45, 2.75) is 20.3 Å². The second kappa shape index (κ2) is 9.94. The van der Waals surface area contributed by atoms with E-state index in [4.69, 9.17) is 15.6 Å². The van der Waals surface area contributed by atoms with E-state index in [0.717, 1.165) is 0 Å². The molecule has 9 heteroatoms. The molecule has 1 aromatic carbocycles. The van der Waals surface area contributed by atoms with E-state index in [2.05, 4.69) is 5.32 Å². The van der Waals surface area contributed by atoms with Gasteiger partial charge < -0.3 is 20.9 Å². The highest BCUT2D eigenvalue weighted by Gasteiger charge is 2.25. The number of nitrogens with zero attached hydrogens (tertiary/aromatic N) is 1. The van der Waals surface area contributed by atoms with Crippen LogP contribution in [-0.2, 0) is 14.3 Å². The number of carbonyl (C=O) groups excluding carboxylic acids is 1. The Morgan fingerprint density at radius 2 is 1.81 bits per heavy atom. The molecule has 0 bridgehead atoms. The van der Waals surface area contributed by atoms with Crippen molar-refractivity contribution in [1.29, 1.82) is 0 Å². The molecule has 1 aromatic rings. The van der Waals surface area contributed by atoms with Crippen molar-refractivity contribution < 1.29 is 24.4 Å². The molecule has 0 unspecified atom stereocenters. The van der Waals surface area contributed by atoms with Crippen LogP contribution in [0.15, 0.2) is 52.9 Å². The van der Waals surface area contributed by atoms with Gasteiger partial charge in [0.25, 0.3) is 5.69 Å².